The molecular formula is C31H37N5O4S. The van der Waals surface area contributed by atoms with Crippen LogP contribution in [-0.2, 0) is 9.53 Å². The van der Waals surface area contributed by atoms with Crippen molar-refractivity contribution in [3.05, 3.63) is 59.2 Å². The molecule has 2 aliphatic rings. The van der Waals surface area contributed by atoms with Crippen LogP contribution in [0.2, 0.25) is 0 Å². The number of ketones is 1. The van der Waals surface area contributed by atoms with Crippen molar-refractivity contribution < 1.29 is 19.1 Å². The number of aromatic nitrogens is 2. The summed E-state index contributed by atoms with van der Waals surface area (Å²) in [6, 6.07) is 10.7. The zero-order chi connectivity index (χ0) is 28.6. The molecule has 3 amide bonds. The van der Waals surface area contributed by atoms with Crippen LogP contribution in [0.1, 0.15) is 53.8 Å². The summed E-state index contributed by atoms with van der Waals surface area (Å²) in [7, 11) is 0. The smallest absolute Gasteiger partial charge is 0.318 e. The first-order valence-corrected chi connectivity index (χ1v) is 15.2. The van der Waals surface area contributed by atoms with Gasteiger partial charge >= 0.3 is 6.03 Å². The molecule has 0 spiro atoms. The van der Waals surface area contributed by atoms with Crippen molar-refractivity contribution in [3.63, 3.8) is 0 Å². The molecule has 1 aliphatic carbocycles. The lowest BCUT2D eigenvalue weighted by Crippen LogP contribution is -2.54. The molecule has 3 aromatic rings. The van der Waals surface area contributed by atoms with Crippen LogP contribution in [0.15, 0.2) is 48.8 Å². The molecule has 41 heavy (non-hydrogen) atoms. The molecule has 5 rings (SSSR count). The summed E-state index contributed by atoms with van der Waals surface area (Å²) in [5.41, 5.74) is 3.43. The van der Waals surface area contributed by atoms with Crippen LogP contribution in [-0.4, -0.2) is 71.5 Å². The first-order chi connectivity index (χ1) is 20.0. The molecule has 1 unspecified atom stereocenters. The van der Waals surface area contributed by atoms with Crippen molar-refractivity contribution in [1.82, 2.24) is 25.5 Å². The number of hydrogen-bond donors (Lipinski definition) is 2. The van der Waals surface area contributed by atoms with Crippen molar-refractivity contribution >= 4 is 29.1 Å². The number of urea groups is 1. The molecule has 1 saturated carbocycles. The Balaban J connectivity index is 1.31. The second kappa shape index (κ2) is 13.8. The van der Waals surface area contributed by atoms with Crippen LogP contribution in [0.5, 0.6) is 0 Å². The number of hydrogen-bond acceptors (Lipinski definition) is 7. The number of nitrogens with one attached hydrogen (secondary N) is 2. The molecule has 1 aliphatic heterocycles. The SMILES string of the molecule is Cc1ccc(-c2nc(-c3ccncc3)sc2C(=O)CNC(=O)C(CC2CCCCC2)NC(=O)N2CCOCC2)cc1. The number of carbonyl (C=O) groups is 3. The lowest BCUT2D eigenvalue weighted by Gasteiger charge is -2.31. The second-order valence-electron chi connectivity index (χ2n) is 10.8. The van der Waals surface area contributed by atoms with Gasteiger partial charge in [-0.3, -0.25) is 14.6 Å². The molecule has 2 aromatic heterocycles. The number of benzene rings is 1. The largest absolute Gasteiger partial charge is 0.378 e. The maximum atomic E-state index is 13.6. The van der Waals surface area contributed by atoms with E-state index in [0.29, 0.717) is 54.2 Å². The van der Waals surface area contributed by atoms with Gasteiger partial charge in [-0.25, -0.2) is 9.78 Å². The Kier molecular flexibility index (Phi) is 9.74. The number of morpholine rings is 1. The highest BCUT2D eigenvalue weighted by atomic mass is 32.1. The van der Waals surface area contributed by atoms with E-state index in [0.717, 1.165) is 42.4 Å². The third-order valence-corrected chi connectivity index (χ3v) is 8.91. The summed E-state index contributed by atoms with van der Waals surface area (Å²) in [4.78, 5) is 51.1. The van der Waals surface area contributed by atoms with Gasteiger partial charge in [-0.1, -0.05) is 61.9 Å². The molecule has 216 valence electrons. The number of rotatable bonds is 9. The first-order valence-electron chi connectivity index (χ1n) is 14.4. The van der Waals surface area contributed by atoms with Gasteiger partial charge in [-0.2, -0.15) is 0 Å². The molecule has 10 heteroatoms. The van der Waals surface area contributed by atoms with Gasteiger partial charge in [0.05, 0.1) is 25.5 Å². The van der Waals surface area contributed by atoms with Crippen molar-refractivity contribution in [2.24, 2.45) is 5.92 Å². The molecule has 2 fully saturated rings. The first kappa shape index (κ1) is 28.9. The number of nitrogens with zero attached hydrogens (tertiary/aromatic N) is 3. The number of carbonyl (C=O) groups excluding carboxylic acids is 3. The molecule has 0 bridgehead atoms. The van der Waals surface area contributed by atoms with E-state index in [9.17, 15) is 14.4 Å². The third-order valence-electron chi connectivity index (χ3n) is 7.76. The molecular weight excluding hydrogens is 538 g/mol. The Hall–Kier alpha value is -3.63. The number of Topliss-reactive ketones (excluding diaryl/α,β-unsaturated/α-hetero) is 1. The maximum Gasteiger partial charge on any atom is 0.318 e. The van der Waals surface area contributed by atoms with Crippen molar-refractivity contribution in [3.8, 4) is 21.8 Å². The highest BCUT2D eigenvalue weighted by Gasteiger charge is 2.29. The van der Waals surface area contributed by atoms with Gasteiger partial charge in [-0.05, 0) is 31.4 Å². The highest BCUT2D eigenvalue weighted by molar-refractivity contribution is 7.17. The fraction of sp³-hybridized carbons (Fsp3) is 0.452. The van der Waals surface area contributed by atoms with E-state index in [2.05, 4.69) is 15.6 Å². The number of aryl methyl sites for hydroxylation is 1. The Labute approximate surface area is 244 Å². The van der Waals surface area contributed by atoms with Gasteiger partial charge in [0.2, 0.25) is 5.91 Å². The molecule has 9 nitrogen and oxygen atoms in total. The average molecular weight is 576 g/mol. The van der Waals surface area contributed by atoms with E-state index in [4.69, 9.17) is 9.72 Å². The molecule has 3 heterocycles. The van der Waals surface area contributed by atoms with Crippen molar-refractivity contribution in [2.45, 2.75) is 51.5 Å². The van der Waals surface area contributed by atoms with Gasteiger partial charge in [0.15, 0.2) is 5.78 Å². The normalized spacial score (nSPS) is 16.7. The second-order valence-corrected chi connectivity index (χ2v) is 11.8. The standard InChI is InChI=1S/C31H37N5O4S/c1-21-7-9-23(10-8-21)27-28(41-30(35-27)24-11-13-32-14-12-24)26(37)20-33-29(38)25(19-22-5-3-2-4-6-22)34-31(39)36-15-17-40-18-16-36/h7-14,22,25H,2-6,15-20H2,1H3,(H,33,38)(H,34,39). The molecule has 1 saturated heterocycles. The van der Waals surface area contributed by atoms with E-state index >= 15 is 0 Å². The van der Waals surface area contributed by atoms with Gasteiger partial charge in [-0.15, -0.1) is 11.3 Å². The quantitative estimate of drug-likeness (QED) is 0.353. The summed E-state index contributed by atoms with van der Waals surface area (Å²) in [5.74, 6) is -0.179. The van der Waals surface area contributed by atoms with Crippen LogP contribution in [0.25, 0.3) is 21.8 Å². The molecule has 0 radical (unpaired) electrons. The van der Waals surface area contributed by atoms with E-state index in [-0.39, 0.29) is 24.3 Å². The van der Waals surface area contributed by atoms with Gasteiger partial charge in [0.25, 0.3) is 0 Å². The zero-order valence-corrected chi connectivity index (χ0v) is 24.3. The topological polar surface area (TPSA) is 114 Å². The van der Waals surface area contributed by atoms with Crippen LogP contribution in [0.3, 0.4) is 0 Å². The van der Waals surface area contributed by atoms with Crippen LogP contribution in [0, 0.1) is 12.8 Å². The number of amides is 3. The highest BCUT2D eigenvalue weighted by Crippen LogP contribution is 2.34. The monoisotopic (exact) mass is 575 g/mol. The Morgan fingerprint density at radius 3 is 2.41 bits per heavy atom. The Morgan fingerprint density at radius 2 is 1.71 bits per heavy atom. The van der Waals surface area contributed by atoms with Gasteiger partial charge < -0.3 is 20.3 Å². The minimum Gasteiger partial charge on any atom is -0.378 e. The van der Waals surface area contributed by atoms with Crippen LogP contribution in [0.4, 0.5) is 4.79 Å². The molecule has 2 N–H and O–H groups in total. The maximum absolute atomic E-state index is 13.6. The van der Waals surface area contributed by atoms with E-state index in [1.165, 1.54) is 17.8 Å². The summed E-state index contributed by atoms with van der Waals surface area (Å²) >= 11 is 1.31. The average Bonchev–Trinajstić information content (AvgIpc) is 3.47. The van der Waals surface area contributed by atoms with Gasteiger partial charge in [0.1, 0.15) is 15.9 Å². The number of thiazole rings is 1. The van der Waals surface area contributed by atoms with E-state index in [1.54, 1.807) is 17.3 Å². The van der Waals surface area contributed by atoms with Crippen LogP contribution >= 0.6 is 11.3 Å². The summed E-state index contributed by atoms with van der Waals surface area (Å²) in [6.07, 6.45) is 9.55. The summed E-state index contributed by atoms with van der Waals surface area (Å²) < 4.78 is 5.36. The van der Waals surface area contributed by atoms with Crippen molar-refractivity contribution in [2.75, 3.05) is 32.8 Å². The number of pyridine rings is 1. The molecule has 1 aromatic carbocycles. The van der Waals surface area contributed by atoms with Gasteiger partial charge in [0, 0.05) is 36.6 Å². The van der Waals surface area contributed by atoms with E-state index < -0.39 is 6.04 Å². The molecule has 1 atom stereocenters. The Bertz CT molecular complexity index is 1330. The lowest BCUT2D eigenvalue weighted by atomic mass is 9.84. The zero-order valence-electron chi connectivity index (χ0n) is 23.4. The minimum atomic E-state index is -0.702. The van der Waals surface area contributed by atoms with Crippen molar-refractivity contribution in [1.29, 1.82) is 0 Å². The lowest BCUT2D eigenvalue weighted by molar-refractivity contribution is -0.123. The minimum absolute atomic E-state index is 0.176. The summed E-state index contributed by atoms with van der Waals surface area (Å²) in [5, 5.41) is 6.51. The fourth-order valence-electron chi connectivity index (χ4n) is 5.40. The predicted octanol–water partition coefficient (Wildman–Crippen LogP) is 4.86. The fourth-order valence-corrected chi connectivity index (χ4v) is 6.43. The Morgan fingerprint density at radius 1 is 1.00 bits per heavy atom. The predicted molar refractivity (Wildman–Crippen MR) is 159 cm³/mol. The third kappa shape index (κ3) is 7.56. The van der Waals surface area contributed by atoms with Crippen LogP contribution < -0.4 is 10.6 Å². The van der Waals surface area contributed by atoms with E-state index in [1.807, 2.05) is 43.3 Å². The summed E-state index contributed by atoms with van der Waals surface area (Å²) in [6.45, 7) is 3.80. The number of ether oxygens (including phenoxy) is 1.